The minimum Gasteiger partial charge on any atom is -0.496 e. The van der Waals surface area contributed by atoms with Crippen molar-refractivity contribution in [3.8, 4) is 16.9 Å². The molecule has 6 heteroatoms. The largest absolute Gasteiger partial charge is 0.496 e. The number of aryl methyl sites for hydroxylation is 1. The van der Waals surface area contributed by atoms with Gasteiger partial charge < -0.3 is 9.84 Å². The van der Waals surface area contributed by atoms with E-state index in [0.717, 1.165) is 32.3 Å². The molecule has 0 aliphatic rings. The monoisotopic (exact) mass is 443 g/mol. The highest BCUT2D eigenvalue weighted by atomic mass is 35.5. The molecular weight excluding hydrogens is 418 g/mol. The predicted molar refractivity (Wildman–Crippen MR) is 123 cm³/mol. The van der Waals surface area contributed by atoms with Crippen molar-refractivity contribution in [1.82, 2.24) is 4.98 Å². The van der Waals surface area contributed by atoms with Crippen molar-refractivity contribution in [3.63, 3.8) is 0 Å². The second-order valence-corrected chi connectivity index (χ2v) is 10.1. The van der Waals surface area contributed by atoms with E-state index in [1.54, 1.807) is 13.3 Å². The average Bonchev–Trinajstić information content (AvgIpc) is 3.10. The number of methoxy groups -OCH3 is 1. The van der Waals surface area contributed by atoms with Crippen LogP contribution in [0.25, 0.3) is 11.1 Å². The van der Waals surface area contributed by atoms with Gasteiger partial charge in [-0.3, -0.25) is 4.79 Å². The zero-order valence-corrected chi connectivity index (χ0v) is 19.4. The Kier molecular flexibility index (Phi) is 6.53. The van der Waals surface area contributed by atoms with Gasteiger partial charge in [-0.05, 0) is 53.3 Å². The summed E-state index contributed by atoms with van der Waals surface area (Å²) in [5.41, 5.74) is 3.81. The number of halogens is 1. The zero-order chi connectivity index (χ0) is 22.1. The van der Waals surface area contributed by atoms with Gasteiger partial charge in [-0.15, -0.1) is 11.3 Å². The first kappa shape index (κ1) is 22.3. The first-order chi connectivity index (χ1) is 14.1. The van der Waals surface area contributed by atoms with Crippen molar-refractivity contribution < 1.29 is 14.6 Å². The van der Waals surface area contributed by atoms with E-state index in [1.165, 1.54) is 16.9 Å². The smallest absolute Gasteiger partial charge is 0.304 e. The molecule has 0 bridgehead atoms. The highest BCUT2D eigenvalue weighted by Crippen LogP contribution is 2.39. The third-order valence-corrected chi connectivity index (χ3v) is 6.26. The van der Waals surface area contributed by atoms with Crippen LogP contribution in [-0.2, 0) is 10.2 Å². The summed E-state index contributed by atoms with van der Waals surface area (Å²) in [7, 11) is 1.65. The standard InChI is InChI=1S/C24H26ClNO3S/c1-14-13-26-23(30-14)20(12-22(27)28)16-8-15(9-18(25)10-16)19-11-17(24(2,3)4)6-7-21(19)29-5/h6-11,13,20H,12H2,1-5H3,(H,27,28). The number of hydrogen-bond donors (Lipinski definition) is 1. The second kappa shape index (κ2) is 8.78. The number of carbonyl (C=O) groups is 1. The highest BCUT2D eigenvalue weighted by Gasteiger charge is 2.23. The van der Waals surface area contributed by atoms with Crippen molar-refractivity contribution in [3.05, 3.63) is 68.6 Å². The van der Waals surface area contributed by atoms with E-state index in [9.17, 15) is 9.90 Å². The lowest BCUT2D eigenvalue weighted by molar-refractivity contribution is -0.137. The Balaban J connectivity index is 2.16. The zero-order valence-electron chi connectivity index (χ0n) is 17.8. The summed E-state index contributed by atoms with van der Waals surface area (Å²) in [4.78, 5) is 17.1. The van der Waals surface area contributed by atoms with Gasteiger partial charge in [0.15, 0.2) is 0 Å². The Morgan fingerprint density at radius 2 is 1.97 bits per heavy atom. The lowest BCUT2D eigenvalue weighted by Gasteiger charge is -2.22. The molecule has 0 radical (unpaired) electrons. The normalized spacial score (nSPS) is 12.6. The molecule has 3 rings (SSSR count). The summed E-state index contributed by atoms with van der Waals surface area (Å²) in [6.07, 6.45) is 1.72. The SMILES string of the molecule is COc1ccc(C(C)(C)C)cc1-c1cc(Cl)cc(C(CC(=O)O)c2ncc(C)s2)c1. The van der Waals surface area contributed by atoms with Crippen LogP contribution in [0.15, 0.2) is 42.6 Å². The van der Waals surface area contributed by atoms with E-state index < -0.39 is 5.97 Å². The lowest BCUT2D eigenvalue weighted by atomic mass is 9.84. The second-order valence-electron chi connectivity index (χ2n) is 8.40. The minimum absolute atomic E-state index is 0.0211. The fourth-order valence-electron chi connectivity index (χ4n) is 3.42. The Bertz CT molecular complexity index is 1070. The van der Waals surface area contributed by atoms with Crippen LogP contribution in [0.1, 0.15) is 54.1 Å². The molecule has 2 aromatic carbocycles. The molecule has 0 amide bonds. The van der Waals surface area contributed by atoms with Crippen LogP contribution in [0.5, 0.6) is 5.75 Å². The van der Waals surface area contributed by atoms with Crippen LogP contribution in [0.4, 0.5) is 0 Å². The molecule has 1 N–H and O–H groups in total. The first-order valence-electron chi connectivity index (χ1n) is 9.72. The summed E-state index contributed by atoms with van der Waals surface area (Å²) < 4.78 is 5.61. The Morgan fingerprint density at radius 3 is 2.53 bits per heavy atom. The summed E-state index contributed by atoms with van der Waals surface area (Å²) in [5, 5.41) is 10.8. The van der Waals surface area contributed by atoms with Crippen molar-refractivity contribution in [2.24, 2.45) is 0 Å². The van der Waals surface area contributed by atoms with Crippen molar-refractivity contribution >= 4 is 28.9 Å². The minimum atomic E-state index is -0.873. The number of rotatable bonds is 6. The third kappa shape index (κ3) is 5.02. The van der Waals surface area contributed by atoms with E-state index in [1.807, 2.05) is 31.2 Å². The highest BCUT2D eigenvalue weighted by molar-refractivity contribution is 7.11. The van der Waals surface area contributed by atoms with Gasteiger partial charge in [0.1, 0.15) is 10.8 Å². The number of thiazole rings is 1. The van der Waals surface area contributed by atoms with Crippen LogP contribution in [0.2, 0.25) is 5.02 Å². The van der Waals surface area contributed by atoms with Crippen LogP contribution in [0, 0.1) is 6.92 Å². The van der Waals surface area contributed by atoms with E-state index in [2.05, 4.69) is 37.9 Å². The number of aromatic nitrogens is 1. The van der Waals surface area contributed by atoms with Gasteiger partial charge in [0, 0.05) is 27.6 Å². The molecule has 1 atom stereocenters. The van der Waals surface area contributed by atoms with Gasteiger partial charge in [0.25, 0.3) is 0 Å². The molecule has 0 aliphatic heterocycles. The van der Waals surface area contributed by atoms with Gasteiger partial charge in [-0.1, -0.05) is 44.5 Å². The van der Waals surface area contributed by atoms with Gasteiger partial charge in [0.2, 0.25) is 0 Å². The number of benzene rings is 2. The van der Waals surface area contributed by atoms with Crippen molar-refractivity contribution in [1.29, 1.82) is 0 Å². The lowest BCUT2D eigenvalue weighted by Crippen LogP contribution is -2.11. The molecule has 0 saturated carbocycles. The molecule has 158 valence electrons. The average molecular weight is 444 g/mol. The van der Waals surface area contributed by atoms with Gasteiger partial charge >= 0.3 is 5.97 Å². The molecule has 30 heavy (non-hydrogen) atoms. The molecule has 3 aromatic rings. The third-order valence-electron chi connectivity index (χ3n) is 5.01. The fraction of sp³-hybridized carbons (Fsp3) is 0.333. The predicted octanol–water partition coefficient (Wildman–Crippen LogP) is 6.68. The number of nitrogens with zero attached hydrogens (tertiary/aromatic N) is 1. The van der Waals surface area contributed by atoms with Gasteiger partial charge in [-0.25, -0.2) is 4.98 Å². The Hall–Kier alpha value is -2.37. The summed E-state index contributed by atoms with van der Waals surface area (Å²) in [6.45, 7) is 8.45. The van der Waals surface area contributed by atoms with Gasteiger partial charge in [-0.2, -0.15) is 0 Å². The molecular formula is C24H26ClNO3S. The molecule has 0 fully saturated rings. The number of carboxylic acids is 1. The number of ether oxygens (including phenoxy) is 1. The van der Waals surface area contributed by atoms with E-state index in [-0.39, 0.29) is 17.8 Å². The summed E-state index contributed by atoms with van der Waals surface area (Å²) in [6, 6.07) is 11.9. The fourth-order valence-corrected chi connectivity index (χ4v) is 4.57. The van der Waals surface area contributed by atoms with Crippen molar-refractivity contribution in [2.45, 2.75) is 45.4 Å². The Labute approximate surface area is 186 Å². The van der Waals surface area contributed by atoms with Gasteiger partial charge in [0.05, 0.1) is 13.5 Å². The molecule has 1 heterocycles. The first-order valence-corrected chi connectivity index (χ1v) is 10.9. The summed E-state index contributed by atoms with van der Waals surface area (Å²) >= 11 is 8.00. The maximum Gasteiger partial charge on any atom is 0.304 e. The molecule has 4 nitrogen and oxygen atoms in total. The number of hydrogen-bond acceptors (Lipinski definition) is 4. The van der Waals surface area contributed by atoms with E-state index >= 15 is 0 Å². The van der Waals surface area contributed by atoms with Crippen LogP contribution < -0.4 is 4.74 Å². The number of aliphatic carboxylic acids is 1. The van der Waals surface area contributed by atoms with Crippen molar-refractivity contribution in [2.75, 3.05) is 7.11 Å². The maximum atomic E-state index is 11.6. The van der Waals surface area contributed by atoms with Crippen LogP contribution in [0.3, 0.4) is 0 Å². The van der Waals surface area contributed by atoms with Crippen LogP contribution in [-0.4, -0.2) is 23.2 Å². The summed E-state index contributed by atoms with van der Waals surface area (Å²) in [5.74, 6) is -0.492. The van der Waals surface area contributed by atoms with E-state index in [4.69, 9.17) is 16.3 Å². The molecule has 0 saturated heterocycles. The van der Waals surface area contributed by atoms with Crippen LogP contribution >= 0.6 is 22.9 Å². The molecule has 0 spiro atoms. The number of carboxylic acid groups (broad SMARTS) is 1. The maximum absolute atomic E-state index is 11.6. The quantitative estimate of drug-likeness (QED) is 0.461. The molecule has 1 aromatic heterocycles. The molecule has 0 aliphatic carbocycles. The topological polar surface area (TPSA) is 59.4 Å². The molecule has 1 unspecified atom stereocenters. The van der Waals surface area contributed by atoms with E-state index in [0.29, 0.717) is 5.02 Å². The Morgan fingerprint density at radius 1 is 1.23 bits per heavy atom.